The lowest BCUT2D eigenvalue weighted by molar-refractivity contribution is -0.187. The van der Waals surface area contributed by atoms with Crippen LogP contribution in [0.5, 0.6) is 0 Å². The van der Waals surface area contributed by atoms with Crippen molar-refractivity contribution in [2.45, 2.75) is 42.5 Å². The number of carbonyl (C=O) groups is 1. The van der Waals surface area contributed by atoms with Crippen LogP contribution in [0.1, 0.15) is 18.1 Å². The minimum atomic E-state index is -4.93. The van der Waals surface area contributed by atoms with Crippen LogP contribution in [0.2, 0.25) is 0 Å². The highest BCUT2D eigenvalue weighted by Gasteiger charge is 2.60. The smallest absolute Gasteiger partial charge is 0.424 e. The lowest BCUT2D eigenvalue weighted by atomic mass is 10.1. The van der Waals surface area contributed by atoms with Crippen LogP contribution in [0.15, 0.2) is 59.5 Å². The van der Waals surface area contributed by atoms with E-state index in [2.05, 4.69) is 0 Å². The number of thioether (sulfide) groups is 1. The Balaban J connectivity index is 2.20. The lowest BCUT2D eigenvalue weighted by Crippen LogP contribution is -2.62. The molecule has 2 aromatic carbocycles. The number of nitrogens with one attached hydrogen (secondary N) is 1. The average molecular weight is 399 g/mol. The van der Waals surface area contributed by atoms with Gasteiger partial charge in [0.25, 0.3) is 0 Å². The van der Waals surface area contributed by atoms with E-state index in [1.54, 1.807) is 49.4 Å². The molecule has 0 spiro atoms. The summed E-state index contributed by atoms with van der Waals surface area (Å²) < 4.78 is 46.5. The quantitative estimate of drug-likeness (QED) is 0.548. The topological polar surface area (TPSA) is 58.6 Å². The van der Waals surface area contributed by atoms with Gasteiger partial charge in [-0.25, -0.2) is 4.79 Å². The number of alkyl halides is 3. The van der Waals surface area contributed by atoms with Crippen molar-refractivity contribution in [3.8, 4) is 0 Å². The number of hydrogen-bond donors (Lipinski definition) is 2. The molecular formula is C19H20F3NO3S. The Hall–Kier alpha value is -2.19. The number of aliphatic hydroxyl groups excluding tert-OH is 1. The SMILES string of the molecule is Cc1ccc(S[C@](NC(=O)OCc2ccccc2)([C@H](C)O)C(F)(F)F)cc1. The van der Waals surface area contributed by atoms with Crippen molar-refractivity contribution in [3.63, 3.8) is 0 Å². The summed E-state index contributed by atoms with van der Waals surface area (Å²) in [4.78, 5) is 9.37. The summed E-state index contributed by atoms with van der Waals surface area (Å²) in [5.74, 6) is 0. The van der Waals surface area contributed by atoms with Crippen LogP contribution in [-0.4, -0.2) is 28.4 Å². The minimum Gasteiger partial charge on any atom is -0.445 e. The van der Waals surface area contributed by atoms with Crippen LogP contribution in [-0.2, 0) is 11.3 Å². The van der Waals surface area contributed by atoms with E-state index in [4.69, 9.17) is 4.74 Å². The summed E-state index contributed by atoms with van der Waals surface area (Å²) in [6.45, 7) is 2.60. The fourth-order valence-electron chi connectivity index (χ4n) is 2.28. The summed E-state index contributed by atoms with van der Waals surface area (Å²) in [6.07, 6.45) is -8.12. The molecule has 27 heavy (non-hydrogen) atoms. The van der Waals surface area contributed by atoms with E-state index < -0.39 is 23.2 Å². The van der Waals surface area contributed by atoms with Gasteiger partial charge in [-0.3, -0.25) is 5.32 Å². The molecule has 0 fully saturated rings. The highest BCUT2D eigenvalue weighted by molar-refractivity contribution is 8.00. The zero-order chi connectivity index (χ0) is 20.1. The average Bonchev–Trinajstić information content (AvgIpc) is 2.61. The Labute approximate surface area is 159 Å². The molecule has 0 saturated heterocycles. The van der Waals surface area contributed by atoms with E-state index >= 15 is 0 Å². The number of benzene rings is 2. The maximum Gasteiger partial charge on any atom is 0.424 e. The first-order valence-electron chi connectivity index (χ1n) is 8.13. The first kappa shape index (κ1) is 21.1. The second-order valence-electron chi connectivity index (χ2n) is 6.01. The van der Waals surface area contributed by atoms with Gasteiger partial charge < -0.3 is 9.84 Å². The fraction of sp³-hybridized carbons (Fsp3) is 0.316. The van der Waals surface area contributed by atoms with Gasteiger partial charge in [-0.1, -0.05) is 59.8 Å². The normalized spacial score (nSPS) is 14.9. The van der Waals surface area contributed by atoms with Crippen molar-refractivity contribution in [1.29, 1.82) is 0 Å². The van der Waals surface area contributed by atoms with Crippen LogP contribution < -0.4 is 5.32 Å². The number of aryl methyl sites for hydroxylation is 1. The predicted molar refractivity (Wildman–Crippen MR) is 97.3 cm³/mol. The van der Waals surface area contributed by atoms with E-state index in [0.717, 1.165) is 12.5 Å². The predicted octanol–water partition coefficient (Wildman–Crippen LogP) is 4.65. The van der Waals surface area contributed by atoms with Gasteiger partial charge >= 0.3 is 12.3 Å². The van der Waals surface area contributed by atoms with Gasteiger partial charge in [0.1, 0.15) is 6.61 Å². The van der Waals surface area contributed by atoms with Crippen LogP contribution >= 0.6 is 11.8 Å². The molecule has 0 radical (unpaired) electrons. The number of hydrogen-bond acceptors (Lipinski definition) is 4. The van der Waals surface area contributed by atoms with Gasteiger partial charge in [-0.05, 0) is 31.5 Å². The van der Waals surface area contributed by atoms with E-state index in [1.165, 1.54) is 12.1 Å². The summed E-state index contributed by atoms with van der Waals surface area (Å²) in [7, 11) is 0. The fourth-order valence-corrected chi connectivity index (χ4v) is 3.35. The Bertz CT molecular complexity index is 751. The van der Waals surface area contributed by atoms with Gasteiger partial charge in [0.15, 0.2) is 0 Å². The van der Waals surface area contributed by atoms with Crippen LogP contribution in [0.25, 0.3) is 0 Å². The van der Waals surface area contributed by atoms with Gasteiger partial charge in [0.05, 0.1) is 6.10 Å². The molecule has 2 rings (SSSR count). The summed E-state index contributed by atoms with van der Waals surface area (Å²) in [5, 5.41) is 11.8. The zero-order valence-electron chi connectivity index (χ0n) is 14.8. The number of alkyl carbamates (subject to hydrolysis) is 1. The Morgan fingerprint density at radius 3 is 2.26 bits per heavy atom. The van der Waals surface area contributed by atoms with E-state index in [1.807, 2.05) is 5.32 Å². The monoisotopic (exact) mass is 399 g/mol. The number of carbonyl (C=O) groups excluding carboxylic acids is 1. The number of ether oxygens (including phenoxy) is 1. The first-order chi connectivity index (χ1) is 12.6. The molecule has 0 aliphatic rings. The van der Waals surface area contributed by atoms with E-state index in [0.29, 0.717) is 17.3 Å². The second-order valence-corrected chi connectivity index (χ2v) is 7.33. The molecule has 0 saturated carbocycles. The zero-order valence-corrected chi connectivity index (χ0v) is 15.6. The molecule has 0 bridgehead atoms. The minimum absolute atomic E-state index is 0.185. The summed E-state index contributed by atoms with van der Waals surface area (Å²) >= 11 is 0.323. The standard InChI is InChI=1S/C19H20F3NO3S/c1-13-8-10-16(11-9-13)27-18(14(2)24,19(20,21)22)23-17(25)26-12-15-6-4-3-5-7-15/h3-11,14,24H,12H2,1-2H3,(H,23,25)/t14-,18+/m0/s1. The number of rotatable bonds is 6. The molecule has 8 heteroatoms. The van der Waals surface area contributed by atoms with Crippen molar-refractivity contribution >= 4 is 17.9 Å². The van der Waals surface area contributed by atoms with Crippen molar-refractivity contribution in [2.24, 2.45) is 0 Å². The third kappa shape index (κ3) is 5.40. The van der Waals surface area contributed by atoms with Crippen molar-refractivity contribution in [1.82, 2.24) is 5.32 Å². The molecule has 0 heterocycles. The van der Waals surface area contributed by atoms with E-state index in [9.17, 15) is 23.1 Å². The molecule has 146 valence electrons. The molecule has 1 amide bonds. The second kappa shape index (κ2) is 8.67. The Morgan fingerprint density at radius 2 is 1.74 bits per heavy atom. The third-order valence-electron chi connectivity index (χ3n) is 3.81. The molecule has 0 aliphatic carbocycles. The largest absolute Gasteiger partial charge is 0.445 e. The van der Waals surface area contributed by atoms with Crippen LogP contribution in [0, 0.1) is 6.92 Å². The maximum atomic E-state index is 13.9. The Morgan fingerprint density at radius 1 is 1.15 bits per heavy atom. The summed E-state index contributed by atoms with van der Waals surface area (Å²) in [5.41, 5.74) is 1.51. The van der Waals surface area contributed by atoms with E-state index in [-0.39, 0.29) is 11.5 Å². The number of aliphatic hydroxyl groups is 1. The number of amides is 1. The summed E-state index contributed by atoms with van der Waals surface area (Å²) in [6, 6.07) is 14.9. The molecule has 2 aromatic rings. The van der Waals surface area contributed by atoms with Crippen molar-refractivity contribution in [2.75, 3.05) is 0 Å². The van der Waals surface area contributed by atoms with Gasteiger partial charge in [-0.15, -0.1) is 0 Å². The van der Waals surface area contributed by atoms with Crippen molar-refractivity contribution in [3.05, 3.63) is 65.7 Å². The molecule has 2 atom stereocenters. The highest BCUT2D eigenvalue weighted by atomic mass is 32.2. The Kier molecular flexibility index (Phi) is 6.78. The van der Waals surface area contributed by atoms with Gasteiger partial charge in [0.2, 0.25) is 4.87 Å². The molecular weight excluding hydrogens is 379 g/mol. The van der Waals surface area contributed by atoms with Gasteiger partial charge in [0, 0.05) is 4.90 Å². The molecule has 0 aliphatic heterocycles. The highest BCUT2D eigenvalue weighted by Crippen LogP contribution is 2.45. The maximum absolute atomic E-state index is 13.9. The van der Waals surface area contributed by atoms with Crippen LogP contribution in [0.4, 0.5) is 18.0 Å². The first-order valence-corrected chi connectivity index (χ1v) is 8.95. The molecule has 0 aromatic heterocycles. The molecule has 0 unspecified atom stereocenters. The van der Waals surface area contributed by atoms with Gasteiger partial charge in [-0.2, -0.15) is 13.2 Å². The number of halogens is 3. The third-order valence-corrected chi connectivity index (χ3v) is 5.31. The molecule has 4 nitrogen and oxygen atoms in total. The molecule has 2 N–H and O–H groups in total. The lowest BCUT2D eigenvalue weighted by Gasteiger charge is -2.37. The van der Waals surface area contributed by atoms with Crippen LogP contribution in [0.3, 0.4) is 0 Å². The van der Waals surface area contributed by atoms with Crippen molar-refractivity contribution < 1.29 is 27.8 Å².